The molecule has 0 radical (unpaired) electrons. The highest BCUT2D eigenvalue weighted by Gasteiger charge is 2.15. The first-order chi connectivity index (χ1) is 6.65. The third-order valence-electron chi connectivity index (χ3n) is 1.56. The second-order valence-electron chi connectivity index (χ2n) is 2.66. The lowest BCUT2D eigenvalue weighted by Gasteiger charge is -2.26. The van der Waals surface area contributed by atoms with Crippen molar-refractivity contribution in [3.8, 4) is 0 Å². The monoisotopic (exact) mass is 203 g/mol. The van der Waals surface area contributed by atoms with Crippen molar-refractivity contribution in [3.05, 3.63) is 12.7 Å². The topological polar surface area (TPSA) is 48.0 Å². The van der Waals surface area contributed by atoms with Crippen molar-refractivity contribution >= 4 is 5.97 Å². The summed E-state index contributed by atoms with van der Waals surface area (Å²) in [5.74, 6) is -0.463. The number of hydrogen-bond acceptors (Lipinski definition) is 5. The van der Waals surface area contributed by atoms with Crippen LogP contribution in [0.5, 0.6) is 0 Å². The minimum atomic E-state index is -0.463. The molecule has 0 bridgehead atoms. The number of ether oxygens (including phenoxy) is 3. The van der Waals surface area contributed by atoms with Crippen LogP contribution in [0.3, 0.4) is 0 Å². The molecule has 0 aliphatic heterocycles. The first-order valence-electron chi connectivity index (χ1n) is 4.20. The Morgan fingerprint density at radius 1 is 1.43 bits per heavy atom. The lowest BCUT2D eigenvalue weighted by Crippen LogP contribution is -2.39. The molecule has 5 heteroatoms. The Bertz CT molecular complexity index is 178. The summed E-state index contributed by atoms with van der Waals surface area (Å²) in [5.41, 5.74) is 0. The van der Waals surface area contributed by atoms with Gasteiger partial charge in [-0.3, -0.25) is 0 Å². The Kier molecular flexibility index (Phi) is 7.00. The summed E-state index contributed by atoms with van der Waals surface area (Å²) >= 11 is 0. The third-order valence-corrected chi connectivity index (χ3v) is 1.56. The van der Waals surface area contributed by atoms with Gasteiger partial charge >= 0.3 is 5.97 Å². The first kappa shape index (κ1) is 13.1. The number of hydrogen-bond donors (Lipinski definition) is 0. The Balaban J connectivity index is 4.05. The number of carbonyl (C=O) groups is 1. The van der Waals surface area contributed by atoms with Crippen LogP contribution < -0.4 is 0 Å². The maximum Gasteiger partial charge on any atom is 0.331 e. The zero-order chi connectivity index (χ0) is 11.0. The smallest absolute Gasteiger partial charge is 0.331 e. The van der Waals surface area contributed by atoms with Crippen LogP contribution in [-0.2, 0) is 19.0 Å². The molecule has 0 spiro atoms. The van der Waals surface area contributed by atoms with Crippen molar-refractivity contribution < 1.29 is 19.0 Å². The summed E-state index contributed by atoms with van der Waals surface area (Å²) < 4.78 is 14.8. The van der Waals surface area contributed by atoms with E-state index in [2.05, 4.69) is 6.58 Å². The lowest BCUT2D eigenvalue weighted by atomic mass is 10.5. The van der Waals surface area contributed by atoms with E-state index < -0.39 is 12.2 Å². The Hall–Kier alpha value is -0.910. The van der Waals surface area contributed by atoms with Gasteiger partial charge in [-0.15, -0.1) is 0 Å². The van der Waals surface area contributed by atoms with Crippen LogP contribution in [0, 0.1) is 0 Å². The summed E-state index contributed by atoms with van der Waals surface area (Å²) in [5, 5.41) is 0. The van der Waals surface area contributed by atoms with Crippen LogP contribution in [0.4, 0.5) is 0 Å². The van der Waals surface area contributed by atoms with Gasteiger partial charge in [-0.25, -0.2) is 9.69 Å². The van der Waals surface area contributed by atoms with Crippen molar-refractivity contribution in [2.24, 2.45) is 0 Å². The standard InChI is InChI=1S/C9H17NO4/c1-5-9(11)14-8(2)10(6-12-3)7-13-4/h5,8H,1,6-7H2,2-4H3. The number of carbonyl (C=O) groups excluding carboxylic acids is 1. The fourth-order valence-corrected chi connectivity index (χ4v) is 0.870. The molecule has 14 heavy (non-hydrogen) atoms. The molecule has 0 N–H and O–H groups in total. The number of esters is 1. The molecule has 0 aromatic carbocycles. The van der Waals surface area contributed by atoms with Crippen LogP contribution in [-0.4, -0.2) is 44.8 Å². The minimum absolute atomic E-state index is 0.333. The molecule has 1 unspecified atom stereocenters. The molecule has 0 amide bonds. The van der Waals surface area contributed by atoms with Gasteiger partial charge < -0.3 is 14.2 Å². The fraction of sp³-hybridized carbons (Fsp3) is 0.667. The van der Waals surface area contributed by atoms with E-state index in [0.717, 1.165) is 6.08 Å². The van der Waals surface area contributed by atoms with E-state index in [1.807, 2.05) is 0 Å². The van der Waals surface area contributed by atoms with Crippen LogP contribution in [0.15, 0.2) is 12.7 Å². The lowest BCUT2D eigenvalue weighted by molar-refractivity contribution is -0.163. The molecule has 0 aliphatic rings. The molecule has 0 aromatic rings. The molecule has 5 nitrogen and oxygen atoms in total. The van der Waals surface area contributed by atoms with Gasteiger partial charge in [0.25, 0.3) is 0 Å². The molecule has 0 saturated heterocycles. The van der Waals surface area contributed by atoms with Gasteiger partial charge in [0.2, 0.25) is 0 Å². The van der Waals surface area contributed by atoms with Crippen molar-refractivity contribution in [1.82, 2.24) is 4.90 Å². The maximum atomic E-state index is 10.9. The van der Waals surface area contributed by atoms with Gasteiger partial charge in [0, 0.05) is 20.3 Å². The molecule has 82 valence electrons. The van der Waals surface area contributed by atoms with E-state index in [1.165, 1.54) is 0 Å². The van der Waals surface area contributed by atoms with Gasteiger partial charge in [0.1, 0.15) is 13.5 Å². The van der Waals surface area contributed by atoms with Crippen molar-refractivity contribution in [2.45, 2.75) is 13.2 Å². The molecule has 0 aliphatic carbocycles. The Morgan fingerprint density at radius 3 is 2.29 bits per heavy atom. The minimum Gasteiger partial charge on any atom is -0.443 e. The summed E-state index contributed by atoms with van der Waals surface area (Å²) in [4.78, 5) is 12.6. The highest BCUT2D eigenvalue weighted by Crippen LogP contribution is 2.01. The fourth-order valence-electron chi connectivity index (χ4n) is 0.870. The van der Waals surface area contributed by atoms with Gasteiger partial charge in [0.05, 0.1) is 0 Å². The maximum absolute atomic E-state index is 10.9. The molecule has 0 rings (SSSR count). The molecule has 0 fully saturated rings. The van der Waals surface area contributed by atoms with Crippen LogP contribution in [0.1, 0.15) is 6.92 Å². The van der Waals surface area contributed by atoms with E-state index in [0.29, 0.717) is 13.5 Å². The third kappa shape index (κ3) is 4.96. The van der Waals surface area contributed by atoms with Crippen molar-refractivity contribution in [2.75, 3.05) is 27.7 Å². The average molecular weight is 203 g/mol. The van der Waals surface area contributed by atoms with Gasteiger partial charge in [-0.05, 0) is 6.92 Å². The average Bonchev–Trinajstić information content (AvgIpc) is 2.17. The van der Waals surface area contributed by atoms with Crippen LogP contribution >= 0.6 is 0 Å². The highest BCUT2D eigenvalue weighted by atomic mass is 16.6. The summed E-state index contributed by atoms with van der Waals surface area (Å²) in [6, 6.07) is 0. The predicted octanol–water partition coefficient (Wildman–Crippen LogP) is 0.571. The van der Waals surface area contributed by atoms with E-state index in [9.17, 15) is 4.79 Å². The summed E-state index contributed by atoms with van der Waals surface area (Å²) in [6.07, 6.45) is 0.717. The Morgan fingerprint density at radius 2 is 1.93 bits per heavy atom. The molecule has 0 heterocycles. The van der Waals surface area contributed by atoms with Crippen LogP contribution in [0.25, 0.3) is 0 Å². The predicted molar refractivity (Wildman–Crippen MR) is 51.3 cm³/mol. The second kappa shape index (κ2) is 7.49. The van der Waals surface area contributed by atoms with E-state index in [1.54, 1.807) is 26.0 Å². The first-order valence-corrected chi connectivity index (χ1v) is 4.20. The van der Waals surface area contributed by atoms with E-state index >= 15 is 0 Å². The Labute approximate surface area is 84.2 Å². The van der Waals surface area contributed by atoms with Crippen molar-refractivity contribution in [3.63, 3.8) is 0 Å². The SMILES string of the molecule is C=CC(=O)OC(C)N(COC)COC. The quantitative estimate of drug-likeness (QED) is 0.344. The van der Waals surface area contributed by atoms with Gasteiger partial charge in [-0.1, -0.05) is 6.58 Å². The molecular weight excluding hydrogens is 186 g/mol. The summed E-state index contributed by atoms with van der Waals surface area (Å²) in [7, 11) is 3.12. The van der Waals surface area contributed by atoms with Crippen molar-refractivity contribution in [1.29, 1.82) is 0 Å². The van der Waals surface area contributed by atoms with E-state index in [4.69, 9.17) is 14.2 Å². The zero-order valence-electron chi connectivity index (χ0n) is 8.86. The highest BCUT2D eigenvalue weighted by molar-refractivity contribution is 5.81. The number of nitrogens with zero attached hydrogens (tertiary/aromatic N) is 1. The molecule has 0 aromatic heterocycles. The van der Waals surface area contributed by atoms with Gasteiger partial charge in [0.15, 0.2) is 6.23 Å². The largest absolute Gasteiger partial charge is 0.443 e. The van der Waals surface area contributed by atoms with Crippen LogP contribution in [0.2, 0.25) is 0 Å². The van der Waals surface area contributed by atoms with E-state index in [-0.39, 0.29) is 0 Å². The van der Waals surface area contributed by atoms with Gasteiger partial charge in [-0.2, -0.15) is 0 Å². The second-order valence-corrected chi connectivity index (χ2v) is 2.66. The molecule has 0 saturated carbocycles. The number of rotatable bonds is 7. The molecular formula is C9H17NO4. The summed E-state index contributed by atoms with van der Waals surface area (Å²) in [6.45, 7) is 5.71. The number of methoxy groups -OCH3 is 2. The molecule has 1 atom stereocenters. The normalized spacial score (nSPS) is 12.6. The zero-order valence-corrected chi connectivity index (χ0v) is 8.86.